The number of hydrogen-bond donors (Lipinski definition) is 1. The third kappa shape index (κ3) is 4.20. The number of hydrogen-bond acceptors (Lipinski definition) is 3. The second-order valence-electron chi connectivity index (χ2n) is 5.51. The molecular formula is C14H22BrClN2O2S. The summed E-state index contributed by atoms with van der Waals surface area (Å²) < 4.78 is 27.8. The number of sulfonamides is 1. The summed E-state index contributed by atoms with van der Waals surface area (Å²) in [6.07, 6.45) is 1.67. The second kappa shape index (κ2) is 7.42. The van der Waals surface area contributed by atoms with Gasteiger partial charge in [0.2, 0.25) is 10.0 Å². The molecule has 1 aliphatic rings. The van der Waals surface area contributed by atoms with Gasteiger partial charge in [0.25, 0.3) is 0 Å². The van der Waals surface area contributed by atoms with Crippen LogP contribution in [0.2, 0.25) is 0 Å². The molecule has 2 rings (SSSR count). The Morgan fingerprint density at radius 1 is 1.33 bits per heavy atom. The van der Waals surface area contributed by atoms with Gasteiger partial charge in [-0.1, -0.05) is 22.0 Å². The van der Waals surface area contributed by atoms with E-state index in [1.807, 2.05) is 26.0 Å². The van der Waals surface area contributed by atoms with E-state index in [4.69, 9.17) is 5.73 Å². The van der Waals surface area contributed by atoms with Gasteiger partial charge in [0.05, 0.1) is 4.90 Å². The van der Waals surface area contributed by atoms with Gasteiger partial charge in [-0.3, -0.25) is 0 Å². The van der Waals surface area contributed by atoms with Crippen LogP contribution < -0.4 is 5.73 Å². The predicted molar refractivity (Wildman–Crippen MR) is 91.3 cm³/mol. The molecule has 1 saturated heterocycles. The molecule has 21 heavy (non-hydrogen) atoms. The lowest BCUT2D eigenvalue weighted by molar-refractivity contribution is 0.250. The Hall–Kier alpha value is -0.140. The lowest BCUT2D eigenvalue weighted by Gasteiger charge is -2.33. The standard InChI is InChI=1S/C14H21BrN2O2S.ClH/c1-10-3-4-13(15)9-14(10)20(18,19)17-7-5-12(6-8-17)11(2)16;/h3-4,9,11-12H,5-8,16H2,1-2H3;1H. The van der Waals surface area contributed by atoms with Crippen LogP contribution in [0.1, 0.15) is 25.3 Å². The molecule has 1 unspecified atom stereocenters. The Morgan fingerprint density at radius 2 is 1.90 bits per heavy atom. The zero-order chi connectivity index (χ0) is 14.9. The minimum Gasteiger partial charge on any atom is -0.328 e. The maximum Gasteiger partial charge on any atom is 0.243 e. The smallest absolute Gasteiger partial charge is 0.243 e. The van der Waals surface area contributed by atoms with E-state index in [2.05, 4.69) is 15.9 Å². The van der Waals surface area contributed by atoms with Gasteiger partial charge in [-0.15, -0.1) is 12.4 Å². The normalized spacial score (nSPS) is 19.0. The molecule has 0 spiro atoms. The largest absolute Gasteiger partial charge is 0.328 e. The molecule has 0 aliphatic carbocycles. The van der Waals surface area contributed by atoms with Gasteiger partial charge >= 0.3 is 0 Å². The van der Waals surface area contributed by atoms with E-state index in [1.165, 1.54) is 0 Å². The predicted octanol–water partition coefficient (Wildman–Crippen LogP) is 2.93. The minimum absolute atomic E-state index is 0. The molecule has 0 bridgehead atoms. The summed E-state index contributed by atoms with van der Waals surface area (Å²) >= 11 is 3.34. The Morgan fingerprint density at radius 3 is 2.43 bits per heavy atom. The van der Waals surface area contributed by atoms with E-state index in [1.54, 1.807) is 10.4 Å². The van der Waals surface area contributed by atoms with Crippen LogP contribution in [-0.4, -0.2) is 31.9 Å². The van der Waals surface area contributed by atoms with Gasteiger partial charge in [-0.05, 0) is 50.3 Å². The molecule has 7 heteroatoms. The number of rotatable bonds is 3. The molecule has 0 saturated carbocycles. The van der Waals surface area contributed by atoms with Crippen molar-refractivity contribution in [2.24, 2.45) is 11.7 Å². The summed E-state index contributed by atoms with van der Waals surface area (Å²) in [5.41, 5.74) is 6.68. The van der Waals surface area contributed by atoms with Crippen molar-refractivity contribution >= 4 is 38.4 Å². The van der Waals surface area contributed by atoms with Crippen molar-refractivity contribution in [2.75, 3.05) is 13.1 Å². The lowest BCUT2D eigenvalue weighted by atomic mass is 9.92. The van der Waals surface area contributed by atoms with Gasteiger partial charge in [-0.25, -0.2) is 8.42 Å². The van der Waals surface area contributed by atoms with Crippen LogP contribution in [0.4, 0.5) is 0 Å². The van der Waals surface area contributed by atoms with Crippen molar-refractivity contribution in [1.29, 1.82) is 0 Å². The van der Waals surface area contributed by atoms with Crippen LogP contribution >= 0.6 is 28.3 Å². The Balaban J connectivity index is 0.00000220. The minimum atomic E-state index is -3.40. The number of halogens is 2. The highest BCUT2D eigenvalue weighted by Gasteiger charge is 2.31. The SMILES string of the molecule is Cc1ccc(Br)cc1S(=O)(=O)N1CCC(C(C)N)CC1.Cl. The van der Waals surface area contributed by atoms with Crippen LogP contribution in [0.25, 0.3) is 0 Å². The Labute approximate surface area is 141 Å². The molecule has 0 aromatic heterocycles. The van der Waals surface area contributed by atoms with Gasteiger partial charge in [0.15, 0.2) is 0 Å². The fourth-order valence-corrected chi connectivity index (χ4v) is 4.87. The molecule has 0 radical (unpaired) electrons. The summed E-state index contributed by atoms with van der Waals surface area (Å²) in [6.45, 7) is 4.93. The van der Waals surface area contributed by atoms with Crippen molar-refractivity contribution in [3.05, 3.63) is 28.2 Å². The average molecular weight is 398 g/mol. The van der Waals surface area contributed by atoms with Crippen molar-refractivity contribution in [1.82, 2.24) is 4.31 Å². The molecular weight excluding hydrogens is 376 g/mol. The molecule has 4 nitrogen and oxygen atoms in total. The first-order valence-electron chi connectivity index (χ1n) is 6.84. The zero-order valence-electron chi connectivity index (χ0n) is 12.3. The number of nitrogens with two attached hydrogens (primary N) is 1. The Bertz CT molecular complexity index is 585. The van der Waals surface area contributed by atoms with E-state index in [-0.39, 0.29) is 18.4 Å². The first-order chi connectivity index (χ1) is 9.32. The Kier molecular flexibility index (Phi) is 6.68. The first-order valence-corrected chi connectivity index (χ1v) is 9.07. The van der Waals surface area contributed by atoms with E-state index in [0.717, 1.165) is 22.9 Å². The highest BCUT2D eigenvalue weighted by Crippen LogP contribution is 2.28. The van der Waals surface area contributed by atoms with Crippen LogP contribution in [0.5, 0.6) is 0 Å². The summed E-state index contributed by atoms with van der Waals surface area (Å²) in [7, 11) is -3.40. The summed E-state index contributed by atoms with van der Waals surface area (Å²) in [5.74, 6) is 0.421. The van der Waals surface area contributed by atoms with Gasteiger partial charge in [0.1, 0.15) is 0 Å². The van der Waals surface area contributed by atoms with Crippen molar-refractivity contribution in [3.8, 4) is 0 Å². The molecule has 1 atom stereocenters. The van der Waals surface area contributed by atoms with Crippen LogP contribution in [0, 0.1) is 12.8 Å². The number of aryl methyl sites for hydroxylation is 1. The number of nitrogens with zero attached hydrogens (tertiary/aromatic N) is 1. The highest BCUT2D eigenvalue weighted by molar-refractivity contribution is 9.10. The van der Waals surface area contributed by atoms with Crippen molar-refractivity contribution < 1.29 is 8.42 Å². The monoisotopic (exact) mass is 396 g/mol. The molecule has 1 aromatic rings. The fraction of sp³-hybridized carbons (Fsp3) is 0.571. The van der Waals surface area contributed by atoms with E-state index in [0.29, 0.717) is 23.9 Å². The summed E-state index contributed by atoms with van der Waals surface area (Å²) in [5, 5.41) is 0. The molecule has 1 fully saturated rings. The zero-order valence-corrected chi connectivity index (χ0v) is 15.5. The molecule has 0 amide bonds. The van der Waals surface area contributed by atoms with Crippen LogP contribution in [-0.2, 0) is 10.0 Å². The van der Waals surface area contributed by atoms with E-state index in [9.17, 15) is 8.42 Å². The highest BCUT2D eigenvalue weighted by atomic mass is 79.9. The van der Waals surface area contributed by atoms with Gasteiger partial charge in [-0.2, -0.15) is 4.31 Å². The number of benzene rings is 1. The van der Waals surface area contributed by atoms with Crippen molar-refractivity contribution in [2.45, 2.75) is 37.6 Å². The van der Waals surface area contributed by atoms with Crippen molar-refractivity contribution in [3.63, 3.8) is 0 Å². The molecule has 1 heterocycles. The third-order valence-corrected chi connectivity index (χ3v) is 6.54. The average Bonchev–Trinajstić information content (AvgIpc) is 2.41. The van der Waals surface area contributed by atoms with Gasteiger partial charge in [0, 0.05) is 23.6 Å². The maximum atomic E-state index is 12.7. The molecule has 1 aliphatic heterocycles. The van der Waals surface area contributed by atoms with Crippen LogP contribution in [0.15, 0.2) is 27.6 Å². The van der Waals surface area contributed by atoms with E-state index < -0.39 is 10.0 Å². The third-order valence-electron chi connectivity index (χ3n) is 4.01. The number of piperidine rings is 1. The quantitative estimate of drug-likeness (QED) is 0.853. The van der Waals surface area contributed by atoms with E-state index >= 15 is 0 Å². The molecule has 2 N–H and O–H groups in total. The first kappa shape index (κ1) is 18.9. The molecule has 120 valence electrons. The maximum absolute atomic E-state index is 12.7. The topological polar surface area (TPSA) is 63.4 Å². The fourth-order valence-electron chi connectivity index (χ4n) is 2.63. The van der Waals surface area contributed by atoms with Gasteiger partial charge < -0.3 is 5.73 Å². The van der Waals surface area contributed by atoms with Crippen LogP contribution in [0.3, 0.4) is 0 Å². The summed E-state index contributed by atoms with van der Waals surface area (Å²) in [4.78, 5) is 0.395. The second-order valence-corrected chi connectivity index (χ2v) is 8.33. The summed E-state index contributed by atoms with van der Waals surface area (Å²) in [6, 6.07) is 5.50. The lowest BCUT2D eigenvalue weighted by Crippen LogP contribution is -2.42. The molecule has 1 aromatic carbocycles.